The van der Waals surface area contributed by atoms with E-state index in [-0.39, 0.29) is 11.9 Å². The van der Waals surface area contributed by atoms with Crippen LogP contribution in [0, 0.1) is 6.92 Å². The maximum Gasteiger partial charge on any atom is 0.290 e. The predicted molar refractivity (Wildman–Crippen MR) is 101 cm³/mol. The summed E-state index contributed by atoms with van der Waals surface area (Å²) in [4.78, 5) is 19.4. The number of carbonyl (C=O) groups is 1. The van der Waals surface area contributed by atoms with Crippen LogP contribution in [-0.2, 0) is 6.54 Å². The van der Waals surface area contributed by atoms with Crippen LogP contribution in [0.2, 0.25) is 0 Å². The average Bonchev–Trinajstić information content (AvgIpc) is 3.44. The van der Waals surface area contributed by atoms with Gasteiger partial charge in [-0.2, -0.15) is 0 Å². The second-order valence-corrected chi connectivity index (χ2v) is 6.83. The first-order chi connectivity index (χ1) is 13.2. The fourth-order valence-corrected chi connectivity index (χ4v) is 3.68. The van der Waals surface area contributed by atoms with Gasteiger partial charge in [0.1, 0.15) is 11.6 Å². The van der Waals surface area contributed by atoms with Gasteiger partial charge in [0.15, 0.2) is 5.76 Å². The SMILES string of the molecule is COc1ccc(Cn2c(C)cnc2C2CCCN2C(=O)c2ccco2)cc1. The highest BCUT2D eigenvalue weighted by molar-refractivity contribution is 5.91. The molecular weight excluding hydrogens is 342 g/mol. The molecule has 1 amide bonds. The number of methoxy groups -OCH3 is 1. The first-order valence-electron chi connectivity index (χ1n) is 9.17. The van der Waals surface area contributed by atoms with Crippen molar-refractivity contribution in [3.8, 4) is 5.75 Å². The number of benzene rings is 1. The molecule has 0 saturated carbocycles. The average molecular weight is 365 g/mol. The Morgan fingerprint density at radius 3 is 2.81 bits per heavy atom. The molecule has 1 saturated heterocycles. The molecule has 1 atom stereocenters. The van der Waals surface area contributed by atoms with Crippen molar-refractivity contribution in [1.29, 1.82) is 0 Å². The van der Waals surface area contributed by atoms with Crippen molar-refractivity contribution in [1.82, 2.24) is 14.5 Å². The molecule has 0 N–H and O–H groups in total. The number of likely N-dealkylation sites (tertiary alicyclic amines) is 1. The summed E-state index contributed by atoms with van der Waals surface area (Å²) >= 11 is 0. The van der Waals surface area contributed by atoms with Crippen molar-refractivity contribution in [3.05, 3.63) is 71.7 Å². The quantitative estimate of drug-likeness (QED) is 0.690. The summed E-state index contributed by atoms with van der Waals surface area (Å²) in [5.74, 6) is 2.08. The Kier molecular flexibility index (Phi) is 4.71. The molecule has 3 aromatic rings. The zero-order chi connectivity index (χ0) is 18.8. The smallest absolute Gasteiger partial charge is 0.290 e. The molecule has 1 aromatic carbocycles. The van der Waals surface area contributed by atoms with Crippen LogP contribution in [0.1, 0.15) is 46.5 Å². The number of rotatable bonds is 5. The highest BCUT2D eigenvalue weighted by Gasteiger charge is 2.34. The minimum Gasteiger partial charge on any atom is -0.497 e. The van der Waals surface area contributed by atoms with Crippen molar-refractivity contribution in [2.24, 2.45) is 0 Å². The molecule has 0 radical (unpaired) electrons. The summed E-state index contributed by atoms with van der Waals surface area (Å²) in [7, 11) is 1.66. The zero-order valence-electron chi connectivity index (χ0n) is 15.6. The molecule has 0 aliphatic carbocycles. The van der Waals surface area contributed by atoms with Crippen LogP contribution in [0.4, 0.5) is 0 Å². The van der Waals surface area contributed by atoms with Gasteiger partial charge in [0.2, 0.25) is 0 Å². The summed E-state index contributed by atoms with van der Waals surface area (Å²) in [5.41, 5.74) is 2.25. The highest BCUT2D eigenvalue weighted by Crippen LogP contribution is 2.33. The van der Waals surface area contributed by atoms with E-state index in [0.717, 1.165) is 36.7 Å². The zero-order valence-corrected chi connectivity index (χ0v) is 15.6. The van der Waals surface area contributed by atoms with Gasteiger partial charge in [0.25, 0.3) is 5.91 Å². The predicted octanol–water partition coefficient (Wildman–Crippen LogP) is 3.82. The first-order valence-corrected chi connectivity index (χ1v) is 9.17. The van der Waals surface area contributed by atoms with Crippen molar-refractivity contribution < 1.29 is 13.9 Å². The Morgan fingerprint density at radius 2 is 2.11 bits per heavy atom. The van der Waals surface area contributed by atoms with Gasteiger partial charge in [-0.25, -0.2) is 4.98 Å². The van der Waals surface area contributed by atoms with Crippen molar-refractivity contribution in [3.63, 3.8) is 0 Å². The van der Waals surface area contributed by atoms with E-state index in [2.05, 4.69) is 21.7 Å². The van der Waals surface area contributed by atoms with Gasteiger partial charge < -0.3 is 18.6 Å². The monoisotopic (exact) mass is 365 g/mol. The molecule has 27 heavy (non-hydrogen) atoms. The van der Waals surface area contributed by atoms with Crippen molar-refractivity contribution in [2.45, 2.75) is 32.4 Å². The first kappa shape index (κ1) is 17.4. The Labute approximate surface area is 158 Å². The maximum atomic E-state index is 12.8. The van der Waals surface area contributed by atoms with Crippen LogP contribution in [-0.4, -0.2) is 34.0 Å². The number of imidazole rings is 1. The molecule has 6 nitrogen and oxygen atoms in total. The van der Waals surface area contributed by atoms with Gasteiger partial charge in [-0.1, -0.05) is 12.1 Å². The molecule has 1 unspecified atom stereocenters. The third-order valence-corrected chi connectivity index (χ3v) is 5.13. The van der Waals surface area contributed by atoms with E-state index in [4.69, 9.17) is 9.15 Å². The fourth-order valence-electron chi connectivity index (χ4n) is 3.68. The standard InChI is InChI=1S/C21H23N3O3/c1-15-13-22-20(24(15)14-16-7-9-17(26-2)10-8-16)18-5-3-11-23(18)21(25)19-6-4-12-27-19/h4,6-10,12-13,18H,3,5,11,14H2,1-2H3. The number of aryl methyl sites for hydroxylation is 1. The van der Waals surface area contributed by atoms with E-state index >= 15 is 0 Å². The molecule has 1 fully saturated rings. The Bertz CT molecular complexity index is 913. The number of ether oxygens (including phenoxy) is 1. The van der Waals surface area contributed by atoms with Gasteiger partial charge in [-0.15, -0.1) is 0 Å². The van der Waals surface area contributed by atoms with Crippen molar-refractivity contribution in [2.75, 3.05) is 13.7 Å². The van der Waals surface area contributed by atoms with Crippen LogP contribution in [0.15, 0.2) is 53.3 Å². The van der Waals surface area contributed by atoms with E-state index in [1.807, 2.05) is 30.2 Å². The molecule has 140 valence electrons. The van der Waals surface area contributed by atoms with E-state index in [9.17, 15) is 4.79 Å². The van der Waals surface area contributed by atoms with Crippen molar-refractivity contribution >= 4 is 5.91 Å². The van der Waals surface area contributed by atoms with Crippen LogP contribution >= 0.6 is 0 Å². The van der Waals surface area contributed by atoms with Crippen LogP contribution in [0.5, 0.6) is 5.75 Å². The lowest BCUT2D eigenvalue weighted by Gasteiger charge is -2.24. The summed E-state index contributed by atoms with van der Waals surface area (Å²) in [5, 5.41) is 0. The van der Waals surface area contributed by atoms with Crippen LogP contribution in [0.25, 0.3) is 0 Å². The second-order valence-electron chi connectivity index (χ2n) is 6.83. The molecule has 1 aliphatic rings. The van der Waals surface area contributed by atoms with E-state index < -0.39 is 0 Å². The maximum absolute atomic E-state index is 12.8. The Morgan fingerprint density at radius 1 is 1.30 bits per heavy atom. The Hall–Kier alpha value is -3.02. The lowest BCUT2D eigenvalue weighted by atomic mass is 10.1. The number of nitrogens with zero attached hydrogens (tertiary/aromatic N) is 3. The third-order valence-electron chi connectivity index (χ3n) is 5.13. The molecule has 0 bridgehead atoms. The van der Waals surface area contributed by atoms with E-state index in [1.54, 1.807) is 19.2 Å². The summed E-state index contributed by atoms with van der Waals surface area (Å²) < 4.78 is 12.7. The third kappa shape index (κ3) is 3.35. The summed E-state index contributed by atoms with van der Waals surface area (Å²) in [6, 6.07) is 11.5. The van der Waals surface area contributed by atoms with E-state index in [0.29, 0.717) is 12.3 Å². The lowest BCUT2D eigenvalue weighted by molar-refractivity contribution is 0.0695. The number of hydrogen-bond acceptors (Lipinski definition) is 4. The topological polar surface area (TPSA) is 60.5 Å². The van der Waals surface area contributed by atoms with Gasteiger partial charge in [0.05, 0.1) is 19.4 Å². The molecule has 2 aromatic heterocycles. The van der Waals surface area contributed by atoms with Gasteiger partial charge in [0, 0.05) is 25.0 Å². The molecule has 3 heterocycles. The lowest BCUT2D eigenvalue weighted by Crippen LogP contribution is -2.32. The molecule has 4 rings (SSSR count). The number of amides is 1. The molecular formula is C21H23N3O3. The van der Waals surface area contributed by atoms with Crippen LogP contribution in [0.3, 0.4) is 0 Å². The fraction of sp³-hybridized carbons (Fsp3) is 0.333. The van der Waals surface area contributed by atoms with Gasteiger partial charge in [-0.05, 0) is 49.6 Å². The summed E-state index contributed by atoms with van der Waals surface area (Å²) in [6.07, 6.45) is 5.29. The minimum absolute atomic E-state index is 0.0328. The van der Waals surface area contributed by atoms with Gasteiger partial charge >= 0.3 is 0 Å². The van der Waals surface area contributed by atoms with E-state index in [1.165, 1.54) is 11.8 Å². The van der Waals surface area contributed by atoms with Crippen LogP contribution < -0.4 is 4.74 Å². The Balaban J connectivity index is 1.61. The van der Waals surface area contributed by atoms with Gasteiger partial charge in [-0.3, -0.25) is 4.79 Å². The number of carbonyl (C=O) groups excluding carboxylic acids is 1. The summed E-state index contributed by atoms with van der Waals surface area (Å²) in [6.45, 7) is 3.48. The minimum atomic E-state index is -0.0702. The molecule has 6 heteroatoms. The second kappa shape index (κ2) is 7.31. The molecule has 0 spiro atoms. The normalized spacial score (nSPS) is 16.7. The number of aromatic nitrogens is 2. The molecule has 1 aliphatic heterocycles. The number of hydrogen-bond donors (Lipinski definition) is 0. The largest absolute Gasteiger partial charge is 0.497 e. The number of furan rings is 1. The highest BCUT2D eigenvalue weighted by atomic mass is 16.5.